The predicted molar refractivity (Wildman–Crippen MR) is 199 cm³/mol. The fraction of sp³-hybridized carbons (Fsp3) is 0.273. The number of aryl methyl sites for hydroxylation is 1. The number of hydrogen-bond acceptors (Lipinski definition) is 8. The van der Waals surface area contributed by atoms with Crippen molar-refractivity contribution in [3.05, 3.63) is 150 Å². The Balaban J connectivity index is 0.881. The van der Waals surface area contributed by atoms with Gasteiger partial charge in [-0.3, -0.25) is 0 Å². The molecule has 52 heavy (non-hydrogen) atoms. The SMILES string of the molecule is C[C@]12CC[C@@H]3c4ccc(OC(=O)c5ccc(N=Nc6ccccc6)cc5)cc4CC[C@H]3[C@@H]1CCC2OC(=O)c1ccc(N=Nc2ccccc2)cc1. The van der Waals surface area contributed by atoms with Gasteiger partial charge >= 0.3 is 11.9 Å². The molecule has 0 N–H and O–H groups in total. The van der Waals surface area contributed by atoms with Crippen molar-refractivity contribution in [3.63, 3.8) is 0 Å². The normalized spacial score (nSPS) is 23.5. The molecule has 0 amide bonds. The zero-order chi connectivity index (χ0) is 35.5. The Hall–Kier alpha value is -5.76. The summed E-state index contributed by atoms with van der Waals surface area (Å²) in [7, 11) is 0. The number of nitrogens with zero attached hydrogens (tertiary/aromatic N) is 4. The van der Waals surface area contributed by atoms with E-state index in [0.29, 0.717) is 46.0 Å². The summed E-state index contributed by atoms with van der Waals surface area (Å²) in [5.41, 5.74) is 6.46. The van der Waals surface area contributed by atoms with Gasteiger partial charge in [0.1, 0.15) is 11.9 Å². The zero-order valence-electron chi connectivity index (χ0n) is 29.1. The van der Waals surface area contributed by atoms with Gasteiger partial charge in [-0.05, 0) is 152 Å². The van der Waals surface area contributed by atoms with Gasteiger partial charge in [-0.1, -0.05) is 49.4 Å². The highest BCUT2D eigenvalue weighted by Crippen LogP contribution is 2.61. The number of fused-ring (bicyclic) bond motifs is 5. The minimum atomic E-state index is -0.398. The molecule has 3 aliphatic carbocycles. The lowest BCUT2D eigenvalue weighted by Crippen LogP contribution is -2.45. The Morgan fingerprint density at radius 2 is 1.17 bits per heavy atom. The topological polar surface area (TPSA) is 102 Å². The van der Waals surface area contributed by atoms with Crippen LogP contribution in [0.3, 0.4) is 0 Å². The van der Waals surface area contributed by atoms with Gasteiger partial charge in [0.05, 0.1) is 33.9 Å². The van der Waals surface area contributed by atoms with Crippen molar-refractivity contribution in [2.24, 2.45) is 37.7 Å². The van der Waals surface area contributed by atoms with E-state index in [2.05, 4.69) is 33.4 Å². The molecule has 8 nitrogen and oxygen atoms in total. The number of esters is 2. The van der Waals surface area contributed by atoms with E-state index in [0.717, 1.165) is 49.9 Å². The Bertz CT molecular complexity index is 2120. The van der Waals surface area contributed by atoms with Gasteiger partial charge in [0.25, 0.3) is 0 Å². The summed E-state index contributed by atoms with van der Waals surface area (Å²) in [6.45, 7) is 2.34. The lowest BCUT2D eigenvalue weighted by molar-refractivity contribution is -0.0427. The third-order valence-electron chi connectivity index (χ3n) is 11.4. The van der Waals surface area contributed by atoms with Crippen LogP contribution in [0.25, 0.3) is 0 Å². The first-order chi connectivity index (χ1) is 25.4. The van der Waals surface area contributed by atoms with Crippen molar-refractivity contribution in [2.75, 3.05) is 0 Å². The number of benzene rings is 5. The Kier molecular flexibility index (Phi) is 9.29. The second-order valence-corrected chi connectivity index (χ2v) is 14.3. The van der Waals surface area contributed by atoms with Crippen LogP contribution in [0.15, 0.2) is 148 Å². The van der Waals surface area contributed by atoms with Crippen molar-refractivity contribution in [1.29, 1.82) is 0 Å². The Labute approximate surface area is 303 Å². The van der Waals surface area contributed by atoms with Crippen molar-refractivity contribution in [2.45, 2.75) is 57.5 Å². The Morgan fingerprint density at radius 1 is 0.615 bits per heavy atom. The van der Waals surface area contributed by atoms with Crippen molar-refractivity contribution in [1.82, 2.24) is 0 Å². The molecule has 0 spiro atoms. The molecule has 260 valence electrons. The van der Waals surface area contributed by atoms with E-state index in [1.54, 1.807) is 48.5 Å². The maximum Gasteiger partial charge on any atom is 0.343 e. The van der Waals surface area contributed by atoms with Crippen molar-refractivity contribution in [3.8, 4) is 5.75 Å². The van der Waals surface area contributed by atoms with Gasteiger partial charge in [-0.25, -0.2) is 9.59 Å². The summed E-state index contributed by atoms with van der Waals surface area (Å²) in [5, 5.41) is 17.0. The van der Waals surface area contributed by atoms with E-state index >= 15 is 0 Å². The molecule has 5 aromatic carbocycles. The number of ether oxygens (including phenoxy) is 2. The fourth-order valence-electron chi connectivity index (χ4n) is 8.68. The molecule has 5 atom stereocenters. The zero-order valence-corrected chi connectivity index (χ0v) is 29.1. The van der Waals surface area contributed by atoms with Crippen LogP contribution >= 0.6 is 0 Å². The molecule has 0 radical (unpaired) electrons. The van der Waals surface area contributed by atoms with Crippen LogP contribution in [-0.2, 0) is 11.2 Å². The first-order valence-corrected chi connectivity index (χ1v) is 18.1. The van der Waals surface area contributed by atoms with Crippen LogP contribution in [-0.4, -0.2) is 18.0 Å². The molecule has 8 heteroatoms. The third kappa shape index (κ3) is 6.93. The summed E-state index contributed by atoms with van der Waals surface area (Å²) < 4.78 is 12.1. The summed E-state index contributed by atoms with van der Waals surface area (Å²) in [6, 6.07) is 39.3. The first-order valence-electron chi connectivity index (χ1n) is 18.1. The quantitative estimate of drug-likeness (QED) is 0.0919. The average Bonchev–Trinajstić information content (AvgIpc) is 3.52. The molecule has 0 heterocycles. The summed E-state index contributed by atoms with van der Waals surface area (Å²) >= 11 is 0. The highest BCUT2D eigenvalue weighted by atomic mass is 16.5. The van der Waals surface area contributed by atoms with Gasteiger partial charge in [0, 0.05) is 5.41 Å². The Morgan fingerprint density at radius 3 is 1.77 bits per heavy atom. The van der Waals surface area contributed by atoms with Gasteiger partial charge < -0.3 is 9.47 Å². The standard InChI is InChI=1S/C44H40N4O4/c1-44-27-26-38-37-23-21-36(51-42(49)29-12-17-34(18-13-29)47-45-32-8-4-2-5-9-32)28-31(37)16-22-39(38)40(44)24-25-41(44)52-43(50)30-14-19-35(20-15-30)48-46-33-10-6-3-7-11-33/h2-15,17-21,23,28,38-41H,16,22,24-27H2,1H3/t38-,39-,40+,41?,44+/m1/s1. The van der Waals surface area contributed by atoms with Gasteiger partial charge in [0.15, 0.2) is 0 Å². The van der Waals surface area contributed by atoms with Gasteiger partial charge in [-0.2, -0.15) is 20.5 Å². The first kappa shape index (κ1) is 33.4. The van der Waals surface area contributed by atoms with Crippen LogP contribution in [0.2, 0.25) is 0 Å². The van der Waals surface area contributed by atoms with Crippen LogP contribution in [0, 0.1) is 17.3 Å². The van der Waals surface area contributed by atoms with Gasteiger partial charge in [0.2, 0.25) is 0 Å². The third-order valence-corrected chi connectivity index (χ3v) is 11.4. The summed E-state index contributed by atoms with van der Waals surface area (Å²) in [6.07, 6.45) is 5.92. The number of hydrogen-bond donors (Lipinski definition) is 0. The van der Waals surface area contributed by atoms with Crippen LogP contribution in [0.4, 0.5) is 22.7 Å². The summed E-state index contributed by atoms with van der Waals surface area (Å²) in [5.74, 6) is 1.37. The monoisotopic (exact) mass is 688 g/mol. The molecule has 2 fully saturated rings. The molecule has 0 saturated heterocycles. The molecule has 5 aromatic rings. The van der Waals surface area contributed by atoms with Crippen LogP contribution in [0.5, 0.6) is 5.75 Å². The molecule has 0 bridgehead atoms. The lowest BCUT2D eigenvalue weighted by Gasteiger charge is -2.50. The molecule has 3 aliphatic rings. The van der Waals surface area contributed by atoms with Crippen molar-refractivity contribution < 1.29 is 19.1 Å². The minimum absolute atomic E-state index is 0.0495. The van der Waals surface area contributed by atoms with Crippen LogP contribution < -0.4 is 4.74 Å². The lowest BCUT2D eigenvalue weighted by atomic mass is 9.55. The largest absolute Gasteiger partial charge is 0.458 e. The van der Waals surface area contributed by atoms with E-state index in [9.17, 15) is 9.59 Å². The minimum Gasteiger partial charge on any atom is -0.458 e. The van der Waals surface area contributed by atoms with E-state index in [-0.39, 0.29) is 17.5 Å². The number of rotatable bonds is 8. The highest BCUT2D eigenvalue weighted by molar-refractivity contribution is 5.91. The second-order valence-electron chi connectivity index (χ2n) is 14.3. The molecule has 0 aliphatic heterocycles. The number of carbonyl (C=O) groups excluding carboxylic acids is 2. The number of azo groups is 2. The molecular formula is C44H40N4O4. The highest BCUT2D eigenvalue weighted by Gasteiger charge is 2.56. The molecule has 2 saturated carbocycles. The predicted octanol–water partition coefficient (Wildman–Crippen LogP) is 11.8. The van der Waals surface area contributed by atoms with Crippen molar-refractivity contribution >= 4 is 34.7 Å². The van der Waals surface area contributed by atoms with E-state index < -0.39 is 5.97 Å². The molecule has 0 aromatic heterocycles. The maximum absolute atomic E-state index is 13.3. The molecular weight excluding hydrogens is 649 g/mol. The fourth-order valence-corrected chi connectivity index (χ4v) is 8.68. The van der Waals surface area contributed by atoms with Gasteiger partial charge in [-0.15, -0.1) is 0 Å². The second kappa shape index (κ2) is 14.5. The van der Waals surface area contributed by atoms with E-state index in [1.807, 2.05) is 72.8 Å². The maximum atomic E-state index is 13.3. The summed E-state index contributed by atoms with van der Waals surface area (Å²) in [4.78, 5) is 26.4. The smallest absolute Gasteiger partial charge is 0.343 e. The molecule has 8 rings (SSSR count). The van der Waals surface area contributed by atoms with Crippen LogP contribution in [0.1, 0.15) is 76.8 Å². The van der Waals surface area contributed by atoms with E-state index in [1.165, 1.54) is 11.1 Å². The number of carbonyl (C=O) groups is 2. The molecule has 1 unspecified atom stereocenters. The average molecular weight is 689 g/mol. The van der Waals surface area contributed by atoms with E-state index in [4.69, 9.17) is 9.47 Å².